The molecule has 0 aliphatic carbocycles. The van der Waals surface area contributed by atoms with E-state index in [9.17, 15) is 4.79 Å². The fourth-order valence-corrected chi connectivity index (χ4v) is 2.88. The highest BCUT2D eigenvalue weighted by Crippen LogP contribution is 2.31. The highest BCUT2D eigenvalue weighted by atomic mass is 35.5. The monoisotopic (exact) mass is 348 g/mol. The summed E-state index contributed by atoms with van der Waals surface area (Å²) < 4.78 is 0. The van der Waals surface area contributed by atoms with Crippen LogP contribution in [-0.4, -0.2) is 20.7 Å². The van der Waals surface area contributed by atoms with E-state index in [2.05, 4.69) is 20.3 Å². The zero-order valence-electron chi connectivity index (χ0n) is 13.0. The average molecular weight is 349 g/mol. The van der Waals surface area contributed by atoms with Gasteiger partial charge in [-0.3, -0.25) is 9.78 Å². The van der Waals surface area contributed by atoms with Gasteiger partial charge in [-0.15, -0.1) is 0 Å². The molecule has 0 spiro atoms. The Balaban J connectivity index is 1.82. The Kier molecular flexibility index (Phi) is 3.91. The van der Waals surface area contributed by atoms with Crippen LogP contribution in [-0.2, 0) is 0 Å². The van der Waals surface area contributed by atoms with Gasteiger partial charge >= 0.3 is 0 Å². The summed E-state index contributed by atoms with van der Waals surface area (Å²) in [5.74, 6) is -0.116. The molecule has 0 atom stereocenters. The number of hydrogen-bond donors (Lipinski definition) is 2. The number of anilines is 2. The van der Waals surface area contributed by atoms with Crippen molar-refractivity contribution in [2.45, 2.75) is 0 Å². The quantitative estimate of drug-likeness (QED) is 0.529. The van der Waals surface area contributed by atoms with Crippen molar-refractivity contribution in [3.63, 3.8) is 0 Å². The number of benzene rings is 1. The van der Waals surface area contributed by atoms with Gasteiger partial charge in [0.05, 0.1) is 27.3 Å². The summed E-state index contributed by atoms with van der Waals surface area (Å²) in [6.45, 7) is 0. The van der Waals surface area contributed by atoms with E-state index in [4.69, 9.17) is 11.6 Å². The molecule has 0 saturated carbocycles. The Labute approximate surface area is 148 Å². The number of fused-ring (bicyclic) bond motifs is 1. The first-order valence-corrected chi connectivity index (χ1v) is 8.04. The van der Waals surface area contributed by atoms with Gasteiger partial charge in [-0.05, 0) is 30.3 Å². The van der Waals surface area contributed by atoms with Crippen LogP contribution in [0.4, 0.5) is 11.4 Å². The van der Waals surface area contributed by atoms with Crippen molar-refractivity contribution in [3.05, 3.63) is 83.4 Å². The second kappa shape index (κ2) is 6.37. The first-order valence-electron chi connectivity index (χ1n) is 7.66. The summed E-state index contributed by atoms with van der Waals surface area (Å²) in [6.07, 6.45) is 6.54. The van der Waals surface area contributed by atoms with Gasteiger partial charge in [0.25, 0.3) is 0 Å². The van der Waals surface area contributed by atoms with E-state index < -0.39 is 0 Å². The van der Waals surface area contributed by atoms with Gasteiger partial charge in [0.1, 0.15) is 5.65 Å². The molecular formula is C19H13ClN4O. The minimum absolute atomic E-state index is 0.116. The highest BCUT2D eigenvalue weighted by Gasteiger charge is 2.18. The van der Waals surface area contributed by atoms with Crippen molar-refractivity contribution in [1.82, 2.24) is 15.0 Å². The first-order chi connectivity index (χ1) is 12.2. The number of halogens is 1. The Morgan fingerprint density at radius 1 is 1.04 bits per heavy atom. The number of ketones is 1. The maximum atomic E-state index is 12.9. The molecule has 0 aliphatic heterocycles. The van der Waals surface area contributed by atoms with Gasteiger partial charge in [-0.2, -0.15) is 0 Å². The summed E-state index contributed by atoms with van der Waals surface area (Å²) in [5.41, 5.74) is 3.20. The number of para-hydroxylation sites is 1. The summed E-state index contributed by atoms with van der Waals surface area (Å²) in [4.78, 5) is 24.2. The molecule has 5 nitrogen and oxygen atoms in total. The Hall–Kier alpha value is -3.18. The molecule has 0 saturated heterocycles. The number of aromatic nitrogens is 3. The van der Waals surface area contributed by atoms with Crippen LogP contribution in [0.3, 0.4) is 0 Å². The van der Waals surface area contributed by atoms with Crippen LogP contribution in [0, 0.1) is 0 Å². The lowest BCUT2D eigenvalue weighted by Crippen LogP contribution is -2.02. The predicted molar refractivity (Wildman–Crippen MR) is 98.5 cm³/mol. The third kappa shape index (κ3) is 2.86. The molecule has 1 aromatic carbocycles. The van der Waals surface area contributed by atoms with Crippen LogP contribution in [0.2, 0.25) is 5.02 Å². The Morgan fingerprint density at radius 2 is 1.92 bits per heavy atom. The maximum absolute atomic E-state index is 12.9. The number of aromatic amines is 1. The third-order valence-corrected chi connectivity index (χ3v) is 4.21. The second-order valence-corrected chi connectivity index (χ2v) is 5.87. The molecule has 6 heteroatoms. The zero-order chi connectivity index (χ0) is 17.2. The van der Waals surface area contributed by atoms with Crippen LogP contribution in [0.1, 0.15) is 15.9 Å². The fourth-order valence-electron chi connectivity index (χ4n) is 2.70. The lowest BCUT2D eigenvalue weighted by molar-refractivity contribution is 0.104. The van der Waals surface area contributed by atoms with Crippen molar-refractivity contribution < 1.29 is 4.79 Å². The van der Waals surface area contributed by atoms with Crippen molar-refractivity contribution >= 4 is 39.8 Å². The number of pyridine rings is 2. The Bertz CT molecular complexity index is 1060. The van der Waals surface area contributed by atoms with Gasteiger partial charge in [-0.25, -0.2) is 4.98 Å². The third-order valence-electron chi connectivity index (χ3n) is 3.89. The minimum Gasteiger partial charge on any atom is -0.354 e. The molecule has 0 unspecified atom stereocenters. The van der Waals surface area contributed by atoms with E-state index >= 15 is 0 Å². The number of nitrogens with one attached hydrogen (secondary N) is 2. The standard InChI is InChI=1S/C19H13ClN4O/c20-14-5-1-2-6-15(14)24-16-7-9-22-19-17(16)13(11-23-19)18(25)12-4-3-8-21-10-12/h1-11H,(H2,22,23,24). The normalized spacial score (nSPS) is 10.8. The lowest BCUT2D eigenvalue weighted by Gasteiger charge is -2.10. The minimum atomic E-state index is -0.116. The molecule has 0 radical (unpaired) electrons. The van der Waals surface area contributed by atoms with Crippen LogP contribution < -0.4 is 5.32 Å². The van der Waals surface area contributed by atoms with Gasteiger partial charge in [-0.1, -0.05) is 23.7 Å². The number of carbonyl (C=O) groups excluding carboxylic acids is 1. The molecule has 0 aliphatic rings. The molecule has 0 bridgehead atoms. The second-order valence-electron chi connectivity index (χ2n) is 5.46. The SMILES string of the molecule is O=C(c1cccnc1)c1c[nH]c2nccc(Nc3ccccc3Cl)c12. The smallest absolute Gasteiger partial charge is 0.196 e. The van der Waals surface area contributed by atoms with Crippen molar-refractivity contribution in [2.75, 3.05) is 5.32 Å². The molecule has 0 amide bonds. The van der Waals surface area contributed by atoms with E-state index in [-0.39, 0.29) is 5.78 Å². The van der Waals surface area contributed by atoms with Gasteiger partial charge in [0.2, 0.25) is 0 Å². The molecule has 0 fully saturated rings. The molecule has 3 heterocycles. The van der Waals surface area contributed by atoms with Gasteiger partial charge in [0, 0.05) is 30.4 Å². The van der Waals surface area contributed by atoms with Crippen LogP contribution in [0.5, 0.6) is 0 Å². The first kappa shape index (κ1) is 15.4. The summed E-state index contributed by atoms with van der Waals surface area (Å²) >= 11 is 6.24. The van der Waals surface area contributed by atoms with Crippen molar-refractivity contribution in [3.8, 4) is 0 Å². The number of nitrogens with zero attached hydrogens (tertiary/aromatic N) is 2. The average Bonchev–Trinajstić information content (AvgIpc) is 3.09. The summed E-state index contributed by atoms with van der Waals surface area (Å²) in [6, 6.07) is 12.7. The van der Waals surface area contributed by atoms with E-state index in [1.165, 1.54) is 0 Å². The van der Waals surface area contributed by atoms with Gasteiger partial charge < -0.3 is 10.3 Å². The number of rotatable bonds is 4. The predicted octanol–water partition coefficient (Wildman–Crippen LogP) is 4.59. The van der Waals surface area contributed by atoms with E-state index in [0.29, 0.717) is 21.8 Å². The molecule has 2 N–H and O–H groups in total. The molecule has 122 valence electrons. The molecule has 25 heavy (non-hydrogen) atoms. The lowest BCUT2D eigenvalue weighted by atomic mass is 10.0. The van der Waals surface area contributed by atoms with Gasteiger partial charge in [0.15, 0.2) is 5.78 Å². The molecule has 4 aromatic rings. The maximum Gasteiger partial charge on any atom is 0.196 e. The summed E-state index contributed by atoms with van der Waals surface area (Å²) in [5, 5.41) is 4.61. The molecule has 4 rings (SSSR count). The van der Waals surface area contributed by atoms with Crippen molar-refractivity contribution in [2.24, 2.45) is 0 Å². The van der Waals surface area contributed by atoms with E-state index in [0.717, 1.165) is 16.8 Å². The van der Waals surface area contributed by atoms with E-state index in [1.807, 2.05) is 24.3 Å². The largest absolute Gasteiger partial charge is 0.354 e. The highest BCUT2D eigenvalue weighted by molar-refractivity contribution is 6.33. The number of H-pyrrole nitrogens is 1. The number of carbonyl (C=O) groups is 1. The van der Waals surface area contributed by atoms with E-state index in [1.54, 1.807) is 43.0 Å². The molecule has 3 aromatic heterocycles. The molecular weight excluding hydrogens is 336 g/mol. The van der Waals surface area contributed by atoms with Crippen LogP contribution >= 0.6 is 11.6 Å². The summed E-state index contributed by atoms with van der Waals surface area (Å²) in [7, 11) is 0. The fraction of sp³-hybridized carbons (Fsp3) is 0. The number of hydrogen-bond acceptors (Lipinski definition) is 4. The van der Waals surface area contributed by atoms with Crippen LogP contribution in [0.15, 0.2) is 67.3 Å². The van der Waals surface area contributed by atoms with Crippen molar-refractivity contribution in [1.29, 1.82) is 0 Å². The van der Waals surface area contributed by atoms with Crippen LogP contribution in [0.25, 0.3) is 11.0 Å². The Morgan fingerprint density at radius 3 is 2.72 bits per heavy atom. The zero-order valence-corrected chi connectivity index (χ0v) is 13.8. The topological polar surface area (TPSA) is 70.7 Å².